The first-order valence-electron chi connectivity index (χ1n) is 8.94. The van der Waals surface area contributed by atoms with E-state index in [9.17, 15) is 9.90 Å². The van der Waals surface area contributed by atoms with Gasteiger partial charge in [-0.15, -0.1) is 0 Å². The smallest absolute Gasteiger partial charge is 0.311 e. The van der Waals surface area contributed by atoms with E-state index in [1.807, 2.05) is 19.1 Å². The van der Waals surface area contributed by atoms with Gasteiger partial charge in [0.15, 0.2) is 11.5 Å². The van der Waals surface area contributed by atoms with Gasteiger partial charge in [0.1, 0.15) is 0 Å². The first kappa shape index (κ1) is 20.6. The molecule has 5 nitrogen and oxygen atoms in total. The molecule has 0 saturated carbocycles. The molecule has 2 aromatic carbocycles. The van der Waals surface area contributed by atoms with Crippen LogP contribution in [0.4, 0.5) is 0 Å². The Balaban J connectivity index is 2.49. The van der Waals surface area contributed by atoms with Crippen molar-refractivity contribution in [1.29, 1.82) is 0 Å². The van der Waals surface area contributed by atoms with Gasteiger partial charge in [-0.1, -0.05) is 32.0 Å². The molecule has 0 saturated heterocycles. The molecule has 1 unspecified atom stereocenters. The van der Waals surface area contributed by atoms with E-state index in [0.717, 1.165) is 22.3 Å². The molecular formula is C22H28O5. The van der Waals surface area contributed by atoms with E-state index >= 15 is 0 Å². The van der Waals surface area contributed by atoms with Gasteiger partial charge in [-0.3, -0.25) is 4.79 Å². The fraction of sp³-hybridized carbons (Fsp3) is 0.409. The number of methoxy groups -OCH3 is 3. The number of hydrogen-bond acceptors (Lipinski definition) is 4. The Bertz CT molecular complexity index is 785. The van der Waals surface area contributed by atoms with Crippen LogP contribution in [0.15, 0.2) is 30.3 Å². The molecule has 5 heteroatoms. The van der Waals surface area contributed by atoms with Gasteiger partial charge >= 0.3 is 5.97 Å². The maximum Gasteiger partial charge on any atom is 0.311 e. The normalized spacial score (nSPS) is 12.0. The summed E-state index contributed by atoms with van der Waals surface area (Å²) >= 11 is 0. The van der Waals surface area contributed by atoms with E-state index in [1.54, 1.807) is 33.5 Å². The molecule has 0 amide bonds. The van der Waals surface area contributed by atoms with Crippen molar-refractivity contribution >= 4 is 5.97 Å². The largest absolute Gasteiger partial charge is 0.493 e. The lowest BCUT2D eigenvalue weighted by molar-refractivity contribution is -0.138. The lowest BCUT2D eigenvalue weighted by atomic mass is 9.86. The highest BCUT2D eigenvalue weighted by molar-refractivity contribution is 5.77. The molecule has 0 aliphatic rings. The van der Waals surface area contributed by atoms with Crippen LogP contribution in [0.2, 0.25) is 0 Å². The average molecular weight is 372 g/mol. The third kappa shape index (κ3) is 4.54. The summed E-state index contributed by atoms with van der Waals surface area (Å²) in [5, 5.41) is 9.91. The van der Waals surface area contributed by atoms with Crippen LogP contribution >= 0.6 is 0 Å². The summed E-state index contributed by atoms with van der Waals surface area (Å²) in [6.07, 6.45) is 0.328. The monoisotopic (exact) mass is 372 g/mol. The zero-order chi connectivity index (χ0) is 20.1. The highest BCUT2D eigenvalue weighted by Crippen LogP contribution is 2.39. The Morgan fingerprint density at radius 1 is 1.00 bits per heavy atom. The van der Waals surface area contributed by atoms with Crippen molar-refractivity contribution in [3.63, 3.8) is 0 Å². The summed E-state index contributed by atoms with van der Waals surface area (Å²) in [7, 11) is 4.64. The molecule has 1 N–H and O–H groups in total. The topological polar surface area (TPSA) is 65.0 Å². The highest BCUT2D eigenvalue weighted by Gasteiger charge is 2.24. The minimum absolute atomic E-state index is 0.328. The molecular weight excluding hydrogens is 344 g/mol. The molecule has 0 aromatic heterocycles. The molecule has 0 bridgehead atoms. The molecule has 0 heterocycles. The fourth-order valence-electron chi connectivity index (χ4n) is 3.21. The van der Waals surface area contributed by atoms with Gasteiger partial charge < -0.3 is 19.3 Å². The number of benzene rings is 2. The van der Waals surface area contributed by atoms with Crippen LogP contribution in [0.3, 0.4) is 0 Å². The van der Waals surface area contributed by atoms with Crippen molar-refractivity contribution in [2.45, 2.75) is 39.0 Å². The standard InChI is InChI=1S/C22H28O5/c1-13(2)16-8-7-14(3)17(12-16)18(22(23)24)9-15-10-19(25-4)21(27-6)20(11-15)26-5/h7-8,10-13,18H,9H2,1-6H3,(H,23,24). The summed E-state index contributed by atoms with van der Waals surface area (Å²) < 4.78 is 16.1. The SMILES string of the molecule is COc1cc(CC(C(=O)O)c2cc(C(C)C)ccc2C)cc(OC)c1OC. The summed E-state index contributed by atoms with van der Waals surface area (Å²) in [5.74, 6) is 0.347. The fourth-order valence-corrected chi connectivity index (χ4v) is 3.21. The van der Waals surface area contributed by atoms with Crippen LogP contribution in [0.5, 0.6) is 17.2 Å². The Hall–Kier alpha value is -2.69. The lowest BCUT2D eigenvalue weighted by Crippen LogP contribution is -2.16. The molecule has 146 valence electrons. The Morgan fingerprint density at radius 2 is 1.59 bits per heavy atom. The number of hydrogen-bond donors (Lipinski definition) is 1. The van der Waals surface area contributed by atoms with Gasteiger partial charge in [-0.25, -0.2) is 0 Å². The molecule has 0 aliphatic heterocycles. The summed E-state index contributed by atoms with van der Waals surface area (Å²) in [6.45, 7) is 6.15. The number of carboxylic acid groups (broad SMARTS) is 1. The molecule has 0 fully saturated rings. The van der Waals surface area contributed by atoms with Crippen molar-refractivity contribution in [3.05, 3.63) is 52.6 Å². The lowest BCUT2D eigenvalue weighted by Gasteiger charge is -2.19. The van der Waals surface area contributed by atoms with Crippen molar-refractivity contribution in [2.75, 3.05) is 21.3 Å². The van der Waals surface area contributed by atoms with E-state index in [0.29, 0.717) is 29.6 Å². The summed E-state index contributed by atoms with van der Waals surface area (Å²) in [5.41, 5.74) is 3.75. The zero-order valence-electron chi connectivity index (χ0n) is 16.8. The molecule has 0 radical (unpaired) electrons. The minimum atomic E-state index is -0.854. The Kier molecular flexibility index (Phi) is 6.72. The predicted octanol–water partition coefficient (Wildman–Crippen LogP) is 4.56. The summed E-state index contributed by atoms with van der Waals surface area (Å²) in [4.78, 5) is 12.1. The second kappa shape index (κ2) is 8.80. The van der Waals surface area contributed by atoms with Gasteiger partial charge in [-0.05, 0) is 53.6 Å². The van der Waals surface area contributed by atoms with Gasteiger partial charge in [0.25, 0.3) is 0 Å². The van der Waals surface area contributed by atoms with Crippen LogP contribution in [-0.4, -0.2) is 32.4 Å². The zero-order valence-corrected chi connectivity index (χ0v) is 16.8. The second-order valence-corrected chi connectivity index (χ2v) is 6.90. The first-order chi connectivity index (χ1) is 12.8. The molecule has 1 atom stereocenters. The molecule has 2 aromatic rings. The van der Waals surface area contributed by atoms with Crippen LogP contribution < -0.4 is 14.2 Å². The number of carbonyl (C=O) groups is 1. The average Bonchev–Trinajstić information content (AvgIpc) is 2.65. The van der Waals surface area contributed by atoms with Gasteiger partial charge in [0.2, 0.25) is 5.75 Å². The van der Waals surface area contributed by atoms with Crippen LogP contribution in [-0.2, 0) is 11.2 Å². The van der Waals surface area contributed by atoms with Crippen LogP contribution in [0, 0.1) is 6.92 Å². The van der Waals surface area contributed by atoms with E-state index in [1.165, 1.54) is 0 Å². The van der Waals surface area contributed by atoms with Crippen molar-refractivity contribution < 1.29 is 24.1 Å². The van der Waals surface area contributed by atoms with Gasteiger partial charge in [0.05, 0.1) is 27.2 Å². The van der Waals surface area contributed by atoms with Crippen molar-refractivity contribution in [1.82, 2.24) is 0 Å². The summed E-state index contributed by atoms with van der Waals surface area (Å²) in [6, 6.07) is 9.67. The second-order valence-electron chi connectivity index (χ2n) is 6.90. The number of aryl methyl sites for hydroxylation is 1. The minimum Gasteiger partial charge on any atom is -0.493 e. The third-order valence-electron chi connectivity index (χ3n) is 4.81. The van der Waals surface area contributed by atoms with E-state index < -0.39 is 11.9 Å². The highest BCUT2D eigenvalue weighted by atomic mass is 16.5. The number of aliphatic carboxylic acids is 1. The molecule has 2 rings (SSSR count). The third-order valence-corrected chi connectivity index (χ3v) is 4.81. The Labute approximate surface area is 160 Å². The predicted molar refractivity (Wildman–Crippen MR) is 105 cm³/mol. The molecule has 27 heavy (non-hydrogen) atoms. The Morgan fingerprint density at radius 3 is 2.04 bits per heavy atom. The maximum atomic E-state index is 12.1. The quantitative estimate of drug-likeness (QED) is 0.736. The maximum absolute atomic E-state index is 12.1. The van der Waals surface area contributed by atoms with E-state index in [2.05, 4.69) is 19.9 Å². The molecule has 0 spiro atoms. The van der Waals surface area contributed by atoms with Crippen molar-refractivity contribution in [3.8, 4) is 17.2 Å². The van der Waals surface area contributed by atoms with E-state index in [4.69, 9.17) is 14.2 Å². The first-order valence-corrected chi connectivity index (χ1v) is 8.94. The van der Waals surface area contributed by atoms with Gasteiger partial charge in [0, 0.05) is 0 Å². The van der Waals surface area contributed by atoms with Crippen molar-refractivity contribution in [2.24, 2.45) is 0 Å². The van der Waals surface area contributed by atoms with E-state index in [-0.39, 0.29) is 0 Å². The van der Waals surface area contributed by atoms with Crippen LogP contribution in [0.1, 0.15) is 47.9 Å². The van der Waals surface area contributed by atoms with Crippen LogP contribution in [0.25, 0.3) is 0 Å². The number of rotatable bonds is 8. The molecule has 0 aliphatic carbocycles. The number of ether oxygens (including phenoxy) is 3. The number of carboxylic acids is 1. The van der Waals surface area contributed by atoms with Gasteiger partial charge in [-0.2, -0.15) is 0 Å².